The minimum Gasteiger partial charge on any atom is -0.398 e. The Morgan fingerprint density at radius 2 is 1.85 bits per heavy atom. The van der Waals surface area contributed by atoms with E-state index in [1.165, 1.54) is 11.8 Å². The summed E-state index contributed by atoms with van der Waals surface area (Å²) in [5.74, 6) is -0.0766. The Hall–Kier alpha value is -1.78. The van der Waals surface area contributed by atoms with Gasteiger partial charge in [0.15, 0.2) is 5.78 Å². The summed E-state index contributed by atoms with van der Waals surface area (Å²) in [7, 11) is 0. The maximum Gasteiger partial charge on any atom is 0.196 e. The van der Waals surface area contributed by atoms with Crippen LogP contribution in [-0.2, 0) is 6.42 Å². The number of thioether (sulfide) groups is 1. The lowest BCUT2D eigenvalue weighted by molar-refractivity contribution is 0.103. The second-order valence-electron chi connectivity index (χ2n) is 4.38. The number of hydrogen-bond donors (Lipinski definition) is 2. The van der Waals surface area contributed by atoms with Crippen molar-refractivity contribution in [2.24, 2.45) is 0 Å². The first-order valence-corrected chi connectivity index (χ1v) is 7.57. The molecule has 0 aliphatic rings. The first-order valence-electron chi connectivity index (χ1n) is 6.35. The largest absolute Gasteiger partial charge is 0.398 e. The highest BCUT2D eigenvalue weighted by molar-refractivity contribution is 7.98. The highest BCUT2D eigenvalue weighted by Gasteiger charge is 2.16. The van der Waals surface area contributed by atoms with Crippen LogP contribution in [0.15, 0.2) is 47.4 Å². The molecule has 0 aliphatic heterocycles. The molecule has 0 aliphatic carbocycles. The van der Waals surface area contributed by atoms with Crippen molar-refractivity contribution in [1.82, 2.24) is 0 Å². The average molecular weight is 287 g/mol. The van der Waals surface area contributed by atoms with Gasteiger partial charge in [0.2, 0.25) is 0 Å². The predicted molar refractivity (Wildman–Crippen MR) is 83.3 cm³/mol. The standard InChI is InChI=1S/C16H17NO2S/c1-20-14-8-3-2-6-12(14)16(19)13-7-4-5-11(9-10-18)15(13)17/h2-8,18H,9-10,17H2,1H3. The van der Waals surface area contributed by atoms with E-state index in [0.29, 0.717) is 23.2 Å². The van der Waals surface area contributed by atoms with E-state index in [4.69, 9.17) is 10.8 Å². The van der Waals surface area contributed by atoms with Gasteiger partial charge < -0.3 is 10.8 Å². The molecular formula is C16H17NO2S. The van der Waals surface area contributed by atoms with Crippen LogP contribution in [0.2, 0.25) is 0 Å². The van der Waals surface area contributed by atoms with E-state index in [2.05, 4.69) is 0 Å². The van der Waals surface area contributed by atoms with E-state index in [0.717, 1.165) is 10.5 Å². The van der Waals surface area contributed by atoms with Crippen molar-refractivity contribution < 1.29 is 9.90 Å². The molecule has 20 heavy (non-hydrogen) atoms. The summed E-state index contributed by atoms with van der Waals surface area (Å²) in [5.41, 5.74) is 8.48. The van der Waals surface area contributed by atoms with Gasteiger partial charge in [0, 0.05) is 28.3 Å². The summed E-state index contributed by atoms with van der Waals surface area (Å²) < 4.78 is 0. The summed E-state index contributed by atoms with van der Waals surface area (Å²) in [4.78, 5) is 13.6. The first-order chi connectivity index (χ1) is 9.69. The highest BCUT2D eigenvalue weighted by atomic mass is 32.2. The van der Waals surface area contributed by atoms with Gasteiger partial charge in [0.1, 0.15) is 0 Å². The Morgan fingerprint density at radius 3 is 2.55 bits per heavy atom. The molecular weight excluding hydrogens is 270 g/mol. The molecule has 0 aromatic heterocycles. The van der Waals surface area contributed by atoms with E-state index in [1.807, 2.05) is 36.6 Å². The summed E-state index contributed by atoms with van der Waals surface area (Å²) in [6.07, 6.45) is 2.40. The smallest absolute Gasteiger partial charge is 0.196 e. The van der Waals surface area contributed by atoms with Crippen molar-refractivity contribution in [1.29, 1.82) is 0 Å². The normalized spacial score (nSPS) is 10.5. The third-order valence-corrected chi connectivity index (χ3v) is 3.97. The van der Waals surface area contributed by atoms with Crippen LogP contribution in [0.25, 0.3) is 0 Å². The molecule has 4 heteroatoms. The second kappa shape index (κ2) is 6.59. The topological polar surface area (TPSA) is 63.3 Å². The number of aliphatic hydroxyl groups excluding tert-OH is 1. The molecule has 2 aromatic rings. The molecule has 3 nitrogen and oxygen atoms in total. The Bertz CT molecular complexity index is 626. The lowest BCUT2D eigenvalue weighted by Crippen LogP contribution is -2.09. The van der Waals surface area contributed by atoms with Crippen molar-refractivity contribution in [2.45, 2.75) is 11.3 Å². The van der Waals surface area contributed by atoms with E-state index in [9.17, 15) is 4.79 Å². The van der Waals surface area contributed by atoms with E-state index in [1.54, 1.807) is 12.1 Å². The number of anilines is 1. The van der Waals surface area contributed by atoms with Gasteiger partial charge in [-0.3, -0.25) is 4.79 Å². The molecule has 2 aromatic carbocycles. The van der Waals surface area contributed by atoms with Gasteiger partial charge in [-0.05, 0) is 36.4 Å². The minimum atomic E-state index is -0.0766. The number of ketones is 1. The maximum atomic E-state index is 12.6. The quantitative estimate of drug-likeness (QED) is 0.504. The molecule has 0 heterocycles. The van der Waals surface area contributed by atoms with Gasteiger partial charge in [-0.25, -0.2) is 0 Å². The monoisotopic (exact) mass is 287 g/mol. The summed E-state index contributed by atoms with van der Waals surface area (Å²) in [6.45, 7) is 0.0171. The van der Waals surface area contributed by atoms with Crippen molar-refractivity contribution in [2.75, 3.05) is 18.6 Å². The van der Waals surface area contributed by atoms with Crippen molar-refractivity contribution in [3.63, 3.8) is 0 Å². The number of benzene rings is 2. The van der Waals surface area contributed by atoms with Crippen molar-refractivity contribution >= 4 is 23.2 Å². The summed E-state index contributed by atoms with van der Waals surface area (Å²) in [6, 6.07) is 12.9. The molecule has 0 unspecified atom stereocenters. The number of rotatable bonds is 5. The molecule has 0 atom stereocenters. The number of nitrogen functional groups attached to an aromatic ring is 1. The molecule has 0 spiro atoms. The maximum absolute atomic E-state index is 12.6. The lowest BCUT2D eigenvalue weighted by atomic mass is 9.98. The Labute approximate surface area is 122 Å². The van der Waals surface area contributed by atoms with Crippen LogP contribution in [0.5, 0.6) is 0 Å². The van der Waals surface area contributed by atoms with Crippen LogP contribution >= 0.6 is 11.8 Å². The number of aliphatic hydroxyl groups is 1. The number of para-hydroxylation sites is 1. The fourth-order valence-corrected chi connectivity index (χ4v) is 2.72. The predicted octanol–water partition coefficient (Wildman–Crippen LogP) is 2.76. The lowest BCUT2D eigenvalue weighted by Gasteiger charge is -2.11. The fraction of sp³-hybridized carbons (Fsp3) is 0.188. The van der Waals surface area contributed by atoms with Crippen LogP contribution < -0.4 is 5.73 Å². The molecule has 2 rings (SSSR count). The average Bonchev–Trinajstić information content (AvgIpc) is 2.49. The summed E-state index contributed by atoms with van der Waals surface area (Å²) in [5, 5.41) is 9.03. The highest BCUT2D eigenvalue weighted by Crippen LogP contribution is 2.26. The zero-order chi connectivity index (χ0) is 14.5. The Kier molecular flexibility index (Phi) is 4.82. The molecule has 0 amide bonds. The first kappa shape index (κ1) is 14.6. The third kappa shape index (κ3) is 2.86. The van der Waals surface area contributed by atoms with E-state index < -0.39 is 0 Å². The van der Waals surface area contributed by atoms with Gasteiger partial charge in [0.25, 0.3) is 0 Å². The van der Waals surface area contributed by atoms with Gasteiger partial charge in [-0.15, -0.1) is 11.8 Å². The zero-order valence-electron chi connectivity index (χ0n) is 11.3. The third-order valence-electron chi connectivity index (χ3n) is 3.17. The summed E-state index contributed by atoms with van der Waals surface area (Å²) >= 11 is 1.54. The van der Waals surface area contributed by atoms with Crippen LogP contribution in [0.3, 0.4) is 0 Å². The van der Waals surface area contributed by atoms with Crippen LogP contribution in [0.4, 0.5) is 5.69 Å². The molecule has 0 saturated heterocycles. The number of carbonyl (C=O) groups excluding carboxylic acids is 1. The molecule has 0 radical (unpaired) electrons. The SMILES string of the molecule is CSc1ccccc1C(=O)c1cccc(CCO)c1N. The fourth-order valence-electron chi connectivity index (χ4n) is 2.13. The number of carbonyl (C=O) groups is 1. The van der Waals surface area contributed by atoms with Gasteiger partial charge in [0.05, 0.1) is 0 Å². The van der Waals surface area contributed by atoms with Crippen molar-refractivity contribution in [3.05, 3.63) is 59.2 Å². The van der Waals surface area contributed by atoms with Crippen LogP contribution in [-0.4, -0.2) is 23.8 Å². The molecule has 0 saturated carbocycles. The number of nitrogens with two attached hydrogens (primary N) is 1. The van der Waals surface area contributed by atoms with Crippen molar-refractivity contribution in [3.8, 4) is 0 Å². The second-order valence-corrected chi connectivity index (χ2v) is 5.23. The van der Waals surface area contributed by atoms with Gasteiger partial charge in [-0.1, -0.05) is 24.3 Å². The van der Waals surface area contributed by atoms with Gasteiger partial charge in [-0.2, -0.15) is 0 Å². The Morgan fingerprint density at radius 1 is 1.15 bits per heavy atom. The van der Waals surface area contributed by atoms with Gasteiger partial charge >= 0.3 is 0 Å². The van der Waals surface area contributed by atoms with E-state index >= 15 is 0 Å². The van der Waals surface area contributed by atoms with E-state index in [-0.39, 0.29) is 12.4 Å². The van der Waals surface area contributed by atoms with Crippen LogP contribution in [0, 0.1) is 0 Å². The Balaban J connectivity index is 2.46. The molecule has 104 valence electrons. The number of hydrogen-bond acceptors (Lipinski definition) is 4. The molecule has 0 fully saturated rings. The zero-order valence-corrected chi connectivity index (χ0v) is 12.1. The molecule has 0 bridgehead atoms. The molecule has 3 N–H and O–H groups in total. The minimum absolute atomic E-state index is 0.0171. The van der Waals surface area contributed by atoms with Crippen LogP contribution in [0.1, 0.15) is 21.5 Å².